The van der Waals surface area contributed by atoms with Gasteiger partial charge in [-0.1, -0.05) is 11.8 Å². The number of aliphatic hydroxyl groups excluding tert-OH is 1. The van der Waals surface area contributed by atoms with Gasteiger partial charge in [-0.25, -0.2) is 0 Å². The van der Waals surface area contributed by atoms with Crippen LogP contribution in [0.2, 0.25) is 0 Å². The van der Waals surface area contributed by atoms with Crippen LogP contribution in [0.1, 0.15) is 0 Å². The number of rotatable bonds is 1. The summed E-state index contributed by atoms with van der Waals surface area (Å²) in [5.74, 6) is 0. The lowest BCUT2D eigenvalue weighted by Gasteiger charge is -2.01. The van der Waals surface area contributed by atoms with Crippen LogP contribution in [-0.4, -0.2) is 17.7 Å². The third-order valence-corrected chi connectivity index (χ3v) is 2.72. The van der Waals surface area contributed by atoms with E-state index in [1.807, 2.05) is 25.2 Å². The van der Waals surface area contributed by atoms with Crippen LogP contribution in [0.25, 0.3) is 0 Å². The fourth-order valence-electron chi connectivity index (χ4n) is 1.18. The smallest absolute Gasteiger partial charge is 0.178 e. The molecule has 1 aliphatic heterocycles. The number of aliphatic hydroxyl groups is 1. The van der Waals surface area contributed by atoms with Gasteiger partial charge >= 0.3 is 0 Å². The molecule has 0 spiro atoms. The molecule has 0 radical (unpaired) electrons. The number of benzene rings is 1. The highest BCUT2D eigenvalue weighted by Crippen LogP contribution is 2.38. The minimum absolute atomic E-state index is 0.493. The first-order chi connectivity index (χ1) is 5.79. The Morgan fingerprint density at radius 2 is 2.42 bits per heavy atom. The van der Waals surface area contributed by atoms with E-state index in [9.17, 15) is 5.11 Å². The quantitative estimate of drug-likeness (QED) is 0.616. The highest BCUT2D eigenvalue weighted by atomic mass is 32.2. The Labute approximate surface area is 75.2 Å². The molecule has 1 atom stereocenters. The molecule has 0 aliphatic carbocycles. The molecule has 0 aromatic heterocycles. The number of hydrogen-bond acceptors (Lipinski definition) is 4. The Morgan fingerprint density at radius 1 is 1.58 bits per heavy atom. The van der Waals surface area contributed by atoms with Crippen molar-refractivity contribution < 1.29 is 5.11 Å². The number of hydrogen-bond donors (Lipinski definition) is 3. The highest BCUT2D eigenvalue weighted by Gasteiger charge is 2.18. The van der Waals surface area contributed by atoms with E-state index in [2.05, 4.69) is 10.6 Å². The SMILES string of the molecule is CNc1ccc2c(c1)SC(O)N2. The van der Waals surface area contributed by atoms with Gasteiger partial charge in [-0.05, 0) is 18.2 Å². The molecule has 1 heterocycles. The molecule has 64 valence electrons. The Hall–Kier alpha value is -0.870. The molecule has 3 N–H and O–H groups in total. The van der Waals surface area contributed by atoms with Gasteiger partial charge in [-0.2, -0.15) is 0 Å². The summed E-state index contributed by atoms with van der Waals surface area (Å²) in [6.07, 6.45) is 0. The average molecular weight is 182 g/mol. The number of thioether (sulfide) groups is 1. The molecule has 12 heavy (non-hydrogen) atoms. The lowest BCUT2D eigenvalue weighted by atomic mass is 10.3. The molecule has 0 bridgehead atoms. The van der Waals surface area contributed by atoms with Crippen LogP contribution in [0.4, 0.5) is 11.4 Å². The van der Waals surface area contributed by atoms with Gasteiger partial charge in [-0.3, -0.25) is 0 Å². The first kappa shape index (κ1) is 7.76. The maximum absolute atomic E-state index is 9.25. The zero-order valence-electron chi connectivity index (χ0n) is 6.66. The predicted octanol–water partition coefficient (Wildman–Crippen LogP) is 1.52. The van der Waals surface area contributed by atoms with Crippen LogP contribution in [-0.2, 0) is 0 Å². The van der Waals surface area contributed by atoms with Crippen LogP contribution in [0.15, 0.2) is 23.1 Å². The van der Waals surface area contributed by atoms with E-state index < -0.39 is 5.56 Å². The van der Waals surface area contributed by atoms with E-state index in [0.29, 0.717) is 0 Å². The normalized spacial score (nSPS) is 20.0. The highest BCUT2D eigenvalue weighted by molar-refractivity contribution is 8.00. The molecule has 1 aromatic rings. The van der Waals surface area contributed by atoms with Gasteiger partial charge in [0.25, 0.3) is 0 Å². The van der Waals surface area contributed by atoms with Gasteiger partial charge in [-0.15, -0.1) is 0 Å². The standard InChI is InChI=1S/C8H10N2OS/c1-9-5-2-3-6-7(4-5)12-8(11)10-6/h2-4,8-11H,1H3. The van der Waals surface area contributed by atoms with E-state index in [4.69, 9.17) is 0 Å². The van der Waals surface area contributed by atoms with Gasteiger partial charge in [0.2, 0.25) is 0 Å². The van der Waals surface area contributed by atoms with Crippen LogP contribution in [0, 0.1) is 0 Å². The number of nitrogens with one attached hydrogen (secondary N) is 2. The van der Waals surface area contributed by atoms with Crippen molar-refractivity contribution in [1.29, 1.82) is 0 Å². The fraction of sp³-hybridized carbons (Fsp3) is 0.250. The van der Waals surface area contributed by atoms with Crippen molar-refractivity contribution >= 4 is 23.1 Å². The van der Waals surface area contributed by atoms with Crippen LogP contribution >= 0.6 is 11.8 Å². The van der Waals surface area contributed by atoms with Gasteiger partial charge < -0.3 is 15.7 Å². The van der Waals surface area contributed by atoms with Crippen molar-refractivity contribution in [2.45, 2.75) is 10.5 Å². The maximum Gasteiger partial charge on any atom is 0.178 e. The van der Waals surface area contributed by atoms with Gasteiger partial charge in [0.05, 0.1) is 5.69 Å². The van der Waals surface area contributed by atoms with E-state index in [1.165, 1.54) is 11.8 Å². The summed E-state index contributed by atoms with van der Waals surface area (Å²) in [6.45, 7) is 0. The largest absolute Gasteiger partial charge is 0.388 e. The van der Waals surface area contributed by atoms with Gasteiger partial charge in [0, 0.05) is 17.6 Å². The van der Waals surface area contributed by atoms with Crippen molar-refractivity contribution in [2.75, 3.05) is 17.7 Å². The number of fused-ring (bicyclic) bond motifs is 1. The predicted molar refractivity (Wildman–Crippen MR) is 51.5 cm³/mol. The minimum atomic E-state index is -0.493. The Kier molecular flexibility index (Phi) is 1.86. The first-order valence-corrected chi connectivity index (χ1v) is 4.60. The van der Waals surface area contributed by atoms with E-state index >= 15 is 0 Å². The summed E-state index contributed by atoms with van der Waals surface area (Å²) in [5, 5.41) is 15.2. The minimum Gasteiger partial charge on any atom is -0.388 e. The summed E-state index contributed by atoms with van der Waals surface area (Å²) in [7, 11) is 1.88. The van der Waals surface area contributed by atoms with Crippen molar-refractivity contribution in [2.24, 2.45) is 0 Å². The summed E-state index contributed by atoms with van der Waals surface area (Å²) in [4.78, 5) is 1.09. The summed E-state index contributed by atoms with van der Waals surface area (Å²) in [5.41, 5.74) is 1.58. The van der Waals surface area contributed by atoms with Crippen molar-refractivity contribution in [1.82, 2.24) is 0 Å². The molecule has 0 amide bonds. The van der Waals surface area contributed by atoms with E-state index in [0.717, 1.165) is 16.3 Å². The average Bonchev–Trinajstić information content (AvgIpc) is 2.43. The lowest BCUT2D eigenvalue weighted by molar-refractivity contribution is 0.294. The van der Waals surface area contributed by atoms with Crippen LogP contribution in [0.3, 0.4) is 0 Å². The Balaban J connectivity index is 2.35. The molecule has 0 fully saturated rings. The second-order valence-electron chi connectivity index (χ2n) is 2.58. The lowest BCUT2D eigenvalue weighted by Crippen LogP contribution is -2.06. The molecule has 2 rings (SSSR count). The van der Waals surface area contributed by atoms with Crippen LogP contribution in [0.5, 0.6) is 0 Å². The summed E-state index contributed by atoms with van der Waals surface area (Å²) < 4.78 is 0. The molecular weight excluding hydrogens is 172 g/mol. The van der Waals surface area contributed by atoms with E-state index in [1.54, 1.807) is 0 Å². The summed E-state index contributed by atoms with van der Waals surface area (Å²) >= 11 is 1.42. The molecule has 3 nitrogen and oxygen atoms in total. The maximum atomic E-state index is 9.25. The van der Waals surface area contributed by atoms with Crippen molar-refractivity contribution in [3.63, 3.8) is 0 Å². The van der Waals surface area contributed by atoms with Crippen molar-refractivity contribution in [3.8, 4) is 0 Å². The molecule has 0 saturated carbocycles. The van der Waals surface area contributed by atoms with E-state index in [-0.39, 0.29) is 0 Å². The zero-order valence-corrected chi connectivity index (χ0v) is 7.48. The molecule has 4 heteroatoms. The number of anilines is 2. The van der Waals surface area contributed by atoms with Gasteiger partial charge in [0.1, 0.15) is 0 Å². The molecule has 1 unspecified atom stereocenters. The molecule has 0 saturated heterocycles. The van der Waals surface area contributed by atoms with Crippen molar-refractivity contribution in [3.05, 3.63) is 18.2 Å². The summed E-state index contributed by atoms with van der Waals surface area (Å²) in [6, 6.07) is 5.96. The van der Waals surface area contributed by atoms with Crippen LogP contribution < -0.4 is 10.6 Å². The fourth-order valence-corrected chi connectivity index (χ4v) is 2.05. The first-order valence-electron chi connectivity index (χ1n) is 3.72. The second kappa shape index (κ2) is 2.88. The third kappa shape index (κ3) is 1.23. The Morgan fingerprint density at radius 3 is 3.17 bits per heavy atom. The second-order valence-corrected chi connectivity index (χ2v) is 3.70. The molecule has 1 aromatic carbocycles. The van der Waals surface area contributed by atoms with Gasteiger partial charge in [0.15, 0.2) is 5.56 Å². The molecular formula is C8H10N2OS. The Bertz CT molecular complexity index is 303. The monoisotopic (exact) mass is 182 g/mol. The third-order valence-electron chi connectivity index (χ3n) is 1.79. The molecule has 1 aliphatic rings. The zero-order chi connectivity index (χ0) is 8.55. The topological polar surface area (TPSA) is 44.3 Å².